The minimum atomic E-state index is -0.212. The second-order valence-corrected chi connectivity index (χ2v) is 5.96. The van der Waals surface area contributed by atoms with E-state index in [2.05, 4.69) is 10.6 Å². The van der Waals surface area contributed by atoms with Crippen LogP contribution in [0.4, 0.5) is 11.4 Å². The van der Waals surface area contributed by atoms with Crippen molar-refractivity contribution in [2.45, 2.75) is 12.8 Å². The van der Waals surface area contributed by atoms with Crippen molar-refractivity contribution < 1.29 is 14.3 Å². The number of carbonyl (C=O) groups excluding carboxylic acids is 2. The van der Waals surface area contributed by atoms with Crippen LogP contribution < -0.4 is 21.1 Å². The van der Waals surface area contributed by atoms with Gasteiger partial charge in [-0.15, -0.1) is 12.4 Å². The summed E-state index contributed by atoms with van der Waals surface area (Å²) >= 11 is 0. The molecule has 2 amide bonds. The SMILES string of the molecule is Cl.NCCOc1ccc(NC(=O)c2ccc(NC(=O)C3CC3)cc2)cc1. The molecule has 6 nitrogen and oxygen atoms in total. The highest BCUT2D eigenvalue weighted by atomic mass is 35.5. The molecule has 2 aromatic carbocycles. The van der Waals surface area contributed by atoms with E-state index in [1.54, 1.807) is 48.5 Å². The van der Waals surface area contributed by atoms with Gasteiger partial charge in [0.2, 0.25) is 5.91 Å². The van der Waals surface area contributed by atoms with Gasteiger partial charge in [-0.2, -0.15) is 0 Å². The molecule has 0 heterocycles. The number of hydrogen-bond acceptors (Lipinski definition) is 4. The fraction of sp³-hybridized carbons (Fsp3) is 0.263. The number of benzene rings is 2. The number of anilines is 2. The van der Waals surface area contributed by atoms with Gasteiger partial charge in [0.25, 0.3) is 5.91 Å². The molecular weight excluding hydrogens is 354 g/mol. The van der Waals surface area contributed by atoms with Crippen LogP contribution >= 0.6 is 12.4 Å². The smallest absolute Gasteiger partial charge is 0.255 e. The molecule has 0 saturated heterocycles. The predicted molar refractivity (Wildman–Crippen MR) is 104 cm³/mol. The van der Waals surface area contributed by atoms with Gasteiger partial charge in [0, 0.05) is 29.4 Å². The zero-order valence-electron chi connectivity index (χ0n) is 14.2. The van der Waals surface area contributed by atoms with Crippen molar-refractivity contribution in [2.75, 3.05) is 23.8 Å². The average Bonchev–Trinajstić information content (AvgIpc) is 3.47. The van der Waals surface area contributed by atoms with Crippen LogP contribution in [0.3, 0.4) is 0 Å². The lowest BCUT2D eigenvalue weighted by molar-refractivity contribution is -0.117. The number of amides is 2. The molecule has 0 aliphatic heterocycles. The number of hydrogen-bond donors (Lipinski definition) is 3. The van der Waals surface area contributed by atoms with Gasteiger partial charge in [0.1, 0.15) is 12.4 Å². The zero-order chi connectivity index (χ0) is 17.6. The maximum absolute atomic E-state index is 12.3. The summed E-state index contributed by atoms with van der Waals surface area (Å²) in [5, 5.41) is 5.67. The van der Waals surface area contributed by atoms with Crippen LogP contribution in [-0.2, 0) is 4.79 Å². The van der Waals surface area contributed by atoms with Gasteiger partial charge in [-0.25, -0.2) is 0 Å². The molecule has 0 aromatic heterocycles. The molecule has 1 saturated carbocycles. The molecule has 7 heteroatoms. The Hall–Kier alpha value is -2.57. The van der Waals surface area contributed by atoms with Crippen molar-refractivity contribution in [1.82, 2.24) is 0 Å². The van der Waals surface area contributed by atoms with Gasteiger partial charge in [-0.3, -0.25) is 9.59 Å². The summed E-state index contributed by atoms with van der Waals surface area (Å²) in [6.07, 6.45) is 1.92. The lowest BCUT2D eigenvalue weighted by Crippen LogP contribution is -2.14. The third kappa shape index (κ3) is 5.47. The lowest BCUT2D eigenvalue weighted by Gasteiger charge is -2.09. The first-order valence-electron chi connectivity index (χ1n) is 8.31. The molecule has 1 fully saturated rings. The van der Waals surface area contributed by atoms with Crippen molar-refractivity contribution in [2.24, 2.45) is 11.7 Å². The van der Waals surface area contributed by atoms with E-state index in [1.807, 2.05) is 0 Å². The summed E-state index contributed by atoms with van der Waals surface area (Å²) in [5.41, 5.74) is 7.29. The van der Waals surface area contributed by atoms with Crippen LogP contribution in [0.2, 0.25) is 0 Å². The van der Waals surface area contributed by atoms with Gasteiger partial charge < -0.3 is 21.1 Å². The van der Waals surface area contributed by atoms with Gasteiger partial charge >= 0.3 is 0 Å². The third-order valence-corrected chi connectivity index (χ3v) is 3.86. The maximum Gasteiger partial charge on any atom is 0.255 e. The van der Waals surface area contributed by atoms with Crippen LogP contribution in [0.25, 0.3) is 0 Å². The minimum absolute atomic E-state index is 0. The molecule has 3 rings (SSSR count). The lowest BCUT2D eigenvalue weighted by atomic mass is 10.2. The number of rotatable bonds is 7. The van der Waals surface area contributed by atoms with E-state index in [0.29, 0.717) is 35.8 Å². The average molecular weight is 376 g/mol. The van der Waals surface area contributed by atoms with E-state index >= 15 is 0 Å². The summed E-state index contributed by atoms with van der Waals surface area (Å²) in [7, 11) is 0. The summed E-state index contributed by atoms with van der Waals surface area (Å²) in [6.45, 7) is 0.908. The Morgan fingerprint density at radius 2 is 1.54 bits per heavy atom. The number of carbonyl (C=O) groups is 2. The Labute approximate surface area is 158 Å². The number of nitrogens with two attached hydrogens (primary N) is 1. The molecule has 0 atom stereocenters. The first-order valence-corrected chi connectivity index (χ1v) is 8.31. The first-order chi connectivity index (χ1) is 12.2. The Balaban J connectivity index is 0.00000243. The molecule has 1 aliphatic rings. The molecular formula is C19H22ClN3O3. The first kappa shape index (κ1) is 19.8. The summed E-state index contributed by atoms with van der Waals surface area (Å²) in [5.74, 6) is 0.698. The van der Waals surface area contributed by atoms with Crippen molar-refractivity contribution in [3.05, 3.63) is 54.1 Å². The van der Waals surface area contributed by atoms with E-state index in [9.17, 15) is 9.59 Å². The monoisotopic (exact) mass is 375 g/mol. The molecule has 2 aromatic rings. The molecule has 1 aliphatic carbocycles. The zero-order valence-corrected chi connectivity index (χ0v) is 15.1. The van der Waals surface area contributed by atoms with Crippen molar-refractivity contribution in [1.29, 1.82) is 0 Å². The van der Waals surface area contributed by atoms with Gasteiger partial charge in [0.15, 0.2) is 0 Å². The van der Waals surface area contributed by atoms with Crippen LogP contribution in [0.15, 0.2) is 48.5 Å². The van der Waals surface area contributed by atoms with Crippen LogP contribution in [0.1, 0.15) is 23.2 Å². The van der Waals surface area contributed by atoms with E-state index in [4.69, 9.17) is 10.5 Å². The van der Waals surface area contributed by atoms with E-state index < -0.39 is 0 Å². The van der Waals surface area contributed by atoms with E-state index in [-0.39, 0.29) is 30.1 Å². The number of ether oxygens (including phenoxy) is 1. The van der Waals surface area contributed by atoms with E-state index in [1.165, 1.54) is 0 Å². The highest BCUT2D eigenvalue weighted by Crippen LogP contribution is 2.30. The molecule has 0 unspecified atom stereocenters. The standard InChI is InChI=1S/C19H21N3O3.ClH/c20-11-12-25-17-9-7-16(8-10-17)22-19(24)14-3-5-15(6-4-14)21-18(23)13-1-2-13;/h3-10,13H,1-2,11-12,20H2,(H,21,23)(H,22,24);1H. The van der Waals surface area contributed by atoms with Gasteiger partial charge in [-0.05, 0) is 61.4 Å². The quantitative estimate of drug-likeness (QED) is 0.693. The van der Waals surface area contributed by atoms with E-state index in [0.717, 1.165) is 12.8 Å². The Morgan fingerprint density at radius 1 is 0.962 bits per heavy atom. The molecule has 0 bridgehead atoms. The Bertz CT molecular complexity index is 744. The predicted octanol–water partition coefficient (Wildman–Crippen LogP) is 3.05. The molecule has 138 valence electrons. The van der Waals surface area contributed by atoms with Crippen molar-refractivity contribution in [3.8, 4) is 5.75 Å². The normalized spacial score (nSPS) is 12.7. The van der Waals surface area contributed by atoms with Gasteiger partial charge in [0.05, 0.1) is 0 Å². The second-order valence-electron chi connectivity index (χ2n) is 5.96. The van der Waals surface area contributed by atoms with Crippen LogP contribution in [0.5, 0.6) is 5.75 Å². The van der Waals surface area contributed by atoms with Crippen molar-refractivity contribution >= 4 is 35.6 Å². The number of nitrogens with one attached hydrogen (secondary N) is 2. The fourth-order valence-electron chi connectivity index (χ4n) is 2.31. The topological polar surface area (TPSA) is 93.4 Å². The maximum atomic E-state index is 12.3. The second kappa shape index (κ2) is 9.22. The summed E-state index contributed by atoms with van der Waals surface area (Å²) < 4.78 is 5.39. The van der Waals surface area contributed by atoms with Crippen LogP contribution in [0, 0.1) is 5.92 Å². The molecule has 26 heavy (non-hydrogen) atoms. The summed E-state index contributed by atoms with van der Waals surface area (Å²) in [6, 6.07) is 14.0. The number of halogens is 1. The Kier molecular flexibility index (Phi) is 7.00. The highest BCUT2D eigenvalue weighted by molar-refractivity contribution is 6.04. The Morgan fingerprint density at radius 3 is 2.12 bits per heavy atom. The molecule has 4 N–H and O–H groups in total. The minimum Gasteiger partial charge on any atom is -0.492 e. The van der Waals surface area contributed by atoms with Crippen molar-refractivity contribution in [3.63, 3.8) is 0 Å². The molecule has 0 radical (unpaired) electrons. The van der Waals surface area contributed by atoms with Crippen LogP contribution in [-0.4, -0.2) is 25.0 Å². The van der Waals surface area contributed by atoms with Gasteiger partial charge in [-0.1, -0.05) is 0 Å². The third-order valence-electron chi connectivity index (χ3n) is 3.86. The fourth-order valence-corrected chi connectivity index (χ4v) is 2.31. The largest absolute Gasteiger partial charge is 0.492 e. The molecule has 0 spiro atoms. The highest BCUT2D eigenvalue weighted by Gasteiger charge is 2.29. The summed E-state index contributed by atoms with van der Waals surface area (Å²) in [4.78, 5) is 24.0.